The van der Waals surface area contributed by atoms with Crippen LogP contribution in [-0.2, 0) is 4.74 Å². The summed E-state index contributed by atoms with van der Waals surface area (Å²) >= 11 is 0. The Labute approximate surface area is 80.6 Å². The second-order valence-electron chi connectivity index (χ2n) is 1.88. The van der Waals surface area contributed by atoms with Crippen LogP contribution in [-0.4, -0.2) is 17.4 Å². The highest BCUT2D eigenvalue weighted by atomic mass is 16.6. The molecule has 0 rings (SSSR count). The van der Waals surface area contributed by atoms with Gasteiger partial charge in [0.1, 0.15) is 18.2 Å². The van der Waals surface area contributed by atoms with Crippen molar-refractivity contribution >= 4 is 5.71 Å². The first-order valence-electron chi connectivity index (χ1n) is 3.54. The smallest absolute Gasteiger partial charge is 0.315 e. The first-order valence-corrected chi connectivity index (χ1v) is 3.54. The van der Waals surface area contributed by atoms with Crippen molar-refractivity contribution in [3.8, 4) is 18.2 Å². The van der Waals surface area contributed by atoms with Crippen molar-refractivity contribution in [3.05, 3.63) is 11.6 Å². The van der Waals surface area contributed by atoms with Crippen LogP contribution in [0.3, 0.4) is 0 Å². The van der Waals surface area contributed by atoms with Gasteiger partial charge < -0.3 is 9.84 Å². The molecule has 0 amide bonds. The molecule has 70 valence electrons. The number of ether oxygens (including phenoxy) is 1. The molecule has 1 N–H and O–H groups in total. The second kappa shape index (κ2) is 6.05. The summed E-state index contributed by atoms with van der Waals surface area (Å²) in [6, 6.07) is 4.40. The van der Waals surface area contributed by atoms with Gasteiger partial charge in [-0.2, -0.15) is 15.8 Å². The van der Waals surface area contributed by atoms with Gasteiger partial charge in [0, 0.05) is 0 Å². The van der Waals surface area contributed by atoms with Crippen LogP contribution < -0.4 is 0 Å². The maximum absolute atomic E-state index is 9.06. The Balaban J connectivity index is 5.07. The zero-order valence-corrected chi connectivity index (χ0v) is 7.35. The summed E-state index contributed by atoms with van der Waals surface area (Å²) in [6.45, 7) is 1.76. The molecule has 0 aromatic carbocycles. The van der Waals surface area contributed by atoms with Crippen molar-refractivity contribution in [1.82, 2.24) is 0 Å². The number of rotatable bonds is 3. The first kappa shape index (κ1) is 11.5. The lowest BCUT2D eigenvalue weighted by atomic mass is 10.4. The summed E-state index contributed by atoms with van der Waals surface area (Å²) < 4.78 is 4.57. The van der Waals surface area contributed by atoms with E-state index in [9.17, 15) is 0 Å². The summed E-state index contributed by atoms with van der Waals surface area (Å²) in [4.78, 5) is 3.29. The predicted octanol–water partition coefficient (Wildman–Crippen LogP) is 0.762. The number of nitrogens with zero attached hydrogens (tertiary/aromatic N) is 4. The minimum atomic E-state index is -0.696. The van der Waals surface area contributed by atoms with E-state index in [2.05, 4.69) is 9.73 Å². The largest absolute Gasteiger partial charge is 0.479 e. The second-order valence-corrected chi connectivity index (χ2v) is 1.88. The molecule has 0 aliphatic heterocycles. The van der Waals surface area contributed by atoms with Gasteiger partial charge in [0.15, 0.2) is 0 Å². The lowest BCUT2D eigenvalue weighted by molar-refractivity contribution is 0.0990. The van der Waals surface area contributed by atoms with E-state index in [1.165, 1.54) is 18.2 Å². The van der Waals surface area contributed by atoms with Crippen LogP contribution in [0.1, 0.15) is 6.92 Å². The van der Waals surface area contributed by atoms with E-state index in [4.69, 9.17) is 20.9 Å². The highest BCUT2D eigenvalue weighted by Gasteiger charge is 2.06. The van der Waals surface area contributed by atoms with Crippen LogP contribution in [0.15, 0.2) is 16.6 Å². The zero-order chi connectivity index (χ0) is 11.0. The molecular formula is C8H6N4O2. The number of allylic oxidation sites excluding steroid dienone is 1. The molecule has 0 radical (unpaired) electrons. The number of aliphatic hydroxyl groups excluding tert-OH is 1. The topological polar surface area (TPSA) is 113 Å². The van der Waals surface area contributed by atoms with E-state index in [0.717, 1.165) is 0 Å². The van der Waals surface area contributed by atoms with Gasteiger partial charge in [0.05, 0.1) is 6.61 Å². The van der Waals surface area contributed by atoms with Crippen molar-refractivity contribution in [2.45, 2.75) is 6.92 Å². The summed E-state index contributed by atoms with van der Waals surface area (Å²) in [6.07, 6.45) is 0. The van der Waals surface area contributed by atoms with Crippen molar-refractivity contribution in [2.75, 3.05) is 6.61 Å². The molecule has 6 heteroatoms. The van der Waals surface area contributed by atoms with Crippen molar-refractivity contribution in [2.24, 2.45) is 4.99 Å². The van der Waals surface area contributed by atoms with Crippen LogP contribution >= 0.6 is 0 Å². The van der Waals surface area contributed by atoms with E-state index < -0.39 is 17.4 Å². The van der Waals surface area contributed by atoms with Gasteiger partial charge in [-0.1, -0.05) is 0 Å². The molecule has 0 saturated carbocycles. The van der Waals surface area contributed by atoms with Crippen molar-refractivity contribution in [3.63, 3.8) is 0 Å². The molecule has 0 aliphatic carbocycles. The fraction of sp³-hybridized carbons (Fsp3) is 0.250. The Morgan fingerprint density at radius 1 is 1.29 bits per heavy atom. The highest BCUT2D eigenvalue weighted by molar-refractivity contribution is 6.10. The molecule has 0 spiro atoms. The predicted molar refractivity (Wildman–Crippen MR) is 45.6 cm³/mol. The molecule has 0 atom stereocenters. The fourth-order valence-corrected chi connectivity index (χ4v) is 0.513. The molecule has 0 heterocycles. The number of nitriles is 3. The third-order valence-corrected chi connectivity index (χ3v) is 1.02. The Morgan fingerprint density at radius 2 is 1.86 bits per heavy atom. The van der Waals surface area contributed by atoms with E-state index in [1.807, 2.05) is 0 Å². The van der Waals surface area contributed by atoms with Gasteiger partial charge in [-0.25, -0.2) is 4.99 Å². The van der Waals surface area contributed by atoms with Gasteiger partial charge in [-0.05, 0) is 6.92 Å². The molecule has 0 aromatic heterocycles. The normalized spacial score (nSPS) is 9.86. The Morgan fingerprint density at radius 3 is 2.21 bits per heavy atom. The van der Waals surface area contributed by atoms with E-state index in [1.54, 1.807) is 6.92 Å². The molecule has 0 aliphatic rings. The van der Waals surface area contributed by atoms with Crippen LogP contribution in [0.2, 0.25) is 0 Å². The van der Waals surface area contributed by atoms with Gasteiger partial charge in [0.25, 0.3) is 0 Å². The van der Waals surface area contributed by atoms with Crippen LogP contribution in [0.25, 0.3) is 0 Å². The van der Waals surface area contributed by atoms with E-state index >= 15 is 0 Å². The van der Waals surface area contributed by atoms with Gasteiger partial charge >= 0.3 is 5.95 Å². The summed E-state index contributed by atoms with van der Waals surface area (Å²) in [5.74, 6) is -0.696. The van der Waals surface area contributed by atoms with Crippen LogP contribution in [0.4, 0.5) is 0 Å². The minimum Gasteiger partial charge on any atom is -0.479 e. The Hall–Kier alpha value is -2.52. The van der Waals surface area contributed by atoms with Gasteiger partial charge in [-0.3, -0.25) is 0 Å². The summed E-state index contributed by atoms with van der Waals surface area (Å²) in [5.41, 5.74) is -1.02. The summed E-state index contributed by atoms with van der Waals surface area (Å²) in [7, 11) is 0. The lowest BCUT2D eigenvalue weighted by Gasteiger charge is -1.99. The summed E-state index contributed by atoms with van der Waals surface area (Å²) in [5, 5.41) is 34.2. The molecule has 14 heavy (non-hydrogen) atoms. The van der Waals surface area contributed by atoms with Gasteiger partial charge in [0.2, 0.25) is 11.4 Å². The van der Waals surface area contributed by atoms with Crippen molar-refractivity contribution in [1.29, 1.82) is 15.8 Å². The minimum absolute atomic E-state index is 0.154. The van der Waals surface area contributed by atoms with E-state index in [0.29, 0.717) is 0 Å². The van der Waals surface area contributed by atoms with Crippen LogP contribution in [0, 0.1) is 34.0 Å². The highest BCUT2D eigenvalue weighted by Crippen LogP contribution is 2.03. The average Bonchev–Trinajstić information content (AvgIpc) is 2.20. The number of aliphatic hydroxyl groups is 1. The lowest BCUT2D eigenvalue weighted by Crippen LogP contribution is -1.97. The standard InChI is InChI=1S/C8H6N4O2/c1-2-14-8(13)7(5-11)12-6(3-9)4-10/h13H,2H2,1H3. The number of hydrogen-bond donors (Lipinski definition) is 1. The Bertz CT molecular complexity index is 373. The van der Waals surface area contributed by atoms with E-state index in [-0.39, 0.29) is 6.61 Å². The SMILES string of the molecule is CCOC(O)=C(C#N)N=C(C#N)C#N. The average molecular weight is 190 g/mol. The zero-order valence-electron chi connectivity index (χ0n) is 7.35. The molecule has 0 fully saturated rings. The molecule has 6 nitrogen and oxygen atoms in total. The molecular weight excluding hydrogens is 184 g/mol. The maximum atomic E-state index is 9.06. The maximum Gasteiger partial charge on any atom is 0.315 e. The molecule has 0 unspecified atom stereocenters. The third kappa shape index (κ3) is 3.25. The van der Waals surface area contributed by atoms with Crippen LogP contribution in [0.5, 0.6) is 0 Å². The first-order chi connectivity index (χ1) is 6.69. The van der Waals surface area contributed by atoms with Crippen molar-refractivity contribution < 1.29 is 9.84 Å². The fourth-order valence-electron chi connectivity index (χ4n) is 0.513. The molecule has 0 bridgehead atoms. The third-order valence-electron chi connectivity index (χ3n) is 1.02. The Kier molecular flexibility index (Phi) is 4.96. The quantitative estimate of drug-likeness (QED) is 0.401. The molecule has 0 aromatic rings. The van der Waals surface area contributed by atoms with Gasteiger partial charge in [-0.15, -0.1) is 0 Å². The molecule has 0 saturated heterocycles. The number of aliphatic imine (C=N–C) groups is 1. The monoisotopic (exact) mass is 190 g/mol. The number of hydrogen-bond acceptors (Lipinski definition) is 6.